The van der Waals surface area contributed by atoms with Crippen LogP contribution in [-0.2, 0) is 16.0 Å². The summed E-state index contributed by atoms with van der Waals surface area (Å²) in [6.07, 6.45) is 0.782. The SMILES string of the molecule is CC(=O)Nc1cccc(C(C)NC(=O)CCc2ccccc2O)c1. The molecule has 3 N–H and O–H groups in total. The number of nitrogens with one attached hydrogen (secondary N) is 2. The molecule has 1 atom stereocenters. The van der Waals surface area contributed by atoms with Crippen molar-refractivity contribution in [3.05, 3.63) is 59.7 Å². The van der Waals surface area contributed by atoms with E-state index >= 15 is 0 Å². The average Bonchev–Trinajstić information content (AvgIpc) is 2.53. The summed E-state index contributed by atoms with van der Waals surface area (Å²) in [5.41, 5.74) is 2.38. The van der Waals surface area contributed by atoms with Gasteiger partial charge in [0.25, 0.3) is 0 Å². The molecule has 2 rings (SSSR count). The van der Waals surface area contributed by atoms with E-state index in [1.807, 2.05) is 37.3 Å². The molecule has 0 heterocycles. The van der Waals surface area contributed by atoms with Gasteiger partial charge in [-0.25, -0.2) is 0 Å². The lowest BCUT2D eigenvalue weighted by molar-refractivity contribution is -0.121. The molecule has 2 aromatic rings. The summed E-state index contributed by atoms with van der Waals surface area (Å²) in [6, 6.07) is 14.2. The maximum Gasteiger partial charge on any atom is 0.221 e. The van der Waals surface area contributed by atoms with E-state index in [1.54, 1.807) is 18.2 Å². The molecule has 1 unspecified atom stereocenters. The predicted octanol–water partition coefficient (Wildman–Crippen LogP) is 3.16. The number of benzene rings is 2. The molecule has 24 heavy (non-hydrogen) atoms. The van der Waals surface area contributed by atoms with Crippen molar-refractivity contribution in [2.45, 2.75) is 32.7 Å². The summed E-state index contributed by atoms with van der Waals surface area (Å²) in [4.78, 5) is 23.2. The van der Waals surface area contributed by atoms with Crippen LogP contribution >= 0.6 is 0 Å². The van der Waals surface area contributed by atoms with E-state index in [9.17, 15) is 14.7 Å². The van der Waals surface area contributed by atoms with Crippen LogP contribution in [0.4, 0.5) is 5.69 Å². The number of hydrogen-bond acceptors (Lipinski definition) is 3. The number of aryl methyl sites for hydroxylation is 1. The molecule has 5 nitrogen and oxygen atoms in total. The largest absolute Gasteiger partial charge is 0.508 e. The minimum Gasteiger partial charge on any atom is -0.508 e. The highest BCUT2D eigenvalue weighted by atomic mass is 16.3. The quantitative estimate of drug-likeness (QED) is 0.763. The van der Waals surface area contributed by atoms with Gasteiger partial charge in [0.15, 0.2) is 0 Å². The molecule has 0 aliphatic heterocycles. The van der Waals surface area contributed by atoms with Gasteiger partial charge in [0.2, 0.25) is 11.8 Å². The molecule has 0 aliphatic carbocycles. The minimum absolute atomic E-state index is 0.0873. The lowest BCUT2D eigenvalue weighted by Gasteiger charge is -2.15. The third-order valence-electron chi connectivity index (χ3n) is 3.70. The molecule has 5 heteroatoms. The molecule has 2 aromatic carbocycles. The molecule has 0 aliphatic rings. The molecule has 126 valence electrons. The number of para-hydroxylation sites is 1. The zero-order valence-corrected chi connectivity index (χ0v) is 13.9. The van der Waals surface area contributed by atoms with Crippen molar-refractivity contribution in [2.24, 2.45) is 0 Å². The lowest BCUT2D eigenvalue weighted by atomic mass is 10.1. The van der Waals surface area contributed by atoms with Crippen LogP contribution in [0, 0.1) is 0 Å². The Balaban J connectivity index is 1.91. The summed E-state index contributed by atoms with van der Waals surface area (Å²) >= 11 is 0. The fraction of sp³-hybridized carbons (Fsp3) is 0.263. The van der Waals surface area contributed by atoms with Crippen LogP contribution in [-0.4, -0.2) is 16.9 Å². The van der Waals surface area contributed by atoms with Crippen LogP contribution in [0.1, 0.15) is 37.4 Å². The summed E-state index contributed by atoms with van der Waals surface area (Å²) < 4.78 is 0. The van der Waals surface area contributed by atoms with Gasteiger partial charge in [-0.05, 0) is 42.7 Å². The van der Waals surface area contributed by atoms with Crippen molar-refractivity contribution in [1.82, 2.24) is 5.32 Å². The van der Waals surface area contributed by atoms with Crippen molar-refractivity contribution in [1.29, 1.82) is 0 Å². The third kappa shape index (κ3) is 5.12. The molecular formula is C19H22N2O3. The summed E-state index contributed by atoms with van der Waals surface area (Å²) in [6.45, 7) is 3.35. The van der Waals surface area contributed by atoms with Gasteiger partial charge in [-0.15, -0.1) is 0 Å². The minimum atomic E-state index is -0.171. The van der Waals surface area contributed by atoms with Crippen molar-refractivity contribution in [3.63, 3.8) is 0 Å². The van der Waals surface area contributed by atoms with E-state index in [-0.39, 0.29) is 23.6 Å². The highest BCUT2D eigenvalue weighted by molar-refractivity contribution is 5.88. The first kappa shape index (κ1) is 17.5. The Morgan fingerprint density at radius 1 is 1.12 bits per heavy atom. The van der Waals surface area contributed by atoms with Crippen LogP contribution in [0.5, 0.6) is 5.75 Å². The van der Waals surface area contributed by atoms with Crippen LogP contribution in [0.2, 0.25) is 0 Å². The fourth-order valence-electron chi connectivity index (χ4n) is 2.46. The van der Waals surface area contributed by atoms with Crippen molar-refractivity contribution < 1.29 is 14.7 Å². The Morgan fingerprint density at radius 2 is 1.88 bits per heavy atom. The molecule has 0 radical (unpaired) electrons. The molecular weight excluding hydrogens is 304 g/mol. The molecule has 0 bridgehead atoms. The number of phenolic OH excluding ortho intramolecular Hbond substituents is 1. The number of phenols is 1. The Labute approximate surface area is 141 Å². The fourth-order valence-corrected chi connectivity index (χ4v) is 2.46. The summed E-state index contributed by atoms with van der Waals surface area (Å²) in [7, 11) is 0. The number of carbonyl (C=O) groups excluding carboxylic acids is 2. The first-order valence-corrected chi connectivity index (χ1v) is 7.89. The van der Waals surface area contributed by atoms with E-state index in [1.165, 1.54) is 6.92 Å². The van der Waals surface area contributed by atoms with Gasteiger partial charge in [0.1, 0.15) is 5.75 Å². The Morgan fingerprint density at radius 3 is 2.58 bits per heavy atom. The second-order valence-electron chi connectivity index (χ2n) is 5.72. The van der Waals surface area contributed by atoms with Gasteiger partial charge in [-0.1, -0.05) is 30.3 Å². The van der Waals surface area contributed by atoms with Crippen LogP contribution in [0.3, 0.4) is 0 Å². The standard InChI is InChI=1S/C19H22N2O3/c1-13(16-7-5-8-17(12-16)21-14(2)22)20-19(24)11-10-15-6-3-4-9-18(15)23/h3-9,12-13,23H,10-11H2,1-2H3,(H,20,24)(H,21,22). The topological polar surface area (TPSA) is 78.4 Å². The van der Waals surface area contributed by atoms with Gasteiger partial charge in [0, 0.05) is 19.0 Å². The van der Waals surface area contributed by atoms with E-state index in [0.717, 1.165) is 11.1 Å². The van der Waals surface area contributed by atoms with Crippen molar-refractivity contribution in [2.75, 3.05) is 5.32 Å². The molecule has 0 saturated carbocycles. The van der Waals surface area contributed by atoms with Gasteiger partial charge in [-0.2, -0.15) is 0 Å². The van der Waals surface area contributed by atoms with Gasteiger partial charge in [0.05, 0.1) is 6.04 Å². The molecule has 0 fully saturated rings. The zero-order valence-electron chi connectivity index (χ0n) is 13.9. The van der Waals surface area contributed by atoms with E-state index < -0.39 is 0 Å². The smallest absolute Gasteiger partial charge is 0.221 e. The van der Waals surface area contributed by atoms with Gasteiger partial charge in [-0.3, -0.25) is 9.59 Å². The molecule has 0 aromatic heterocycles. The number of carbonyl (C=O) groups is 2. The van der Waals surface area contributed by atoms with Crippen LogP contribution < -0.4 is 10.6 Å². The summed E-state index contributed by atoms with van der Waals surface area (Å²) in [5.74, 6) is -0.0106. The van der Waals surface area contributed by atoms with Gasteiger partial charge >= 0.3 is 0 Å². The first-order chi connectivity index (χ1) is 11.5. The summed E-state index contributed by atoms with van der Waals surface area (Å²) in [5, 5.41) is 15.4. The van der Waals surface area contributed by atoms with Gasteiger partial charge < -0.3 is 15.7 Å². The van der Waals surface area contributed by atoms with Crippen molar-refractivity contribution >= 4 is 17.5 Å². The second kappa shape index (κ2) is 8.15. The Hall–Kier alpha value is -2.82. The number of anilines is 1. The number of aromatic hydroxyl groups is 1. The molecule has 0 saturated heterocycles. The van der Waals surface area contributed by atoms with E-state index in [0.29, 0.717) is 18.5 Å². The molecule has 0 spiro atoms. The number of amides is 2. The first-order valence-electron chi connectivity index (χ1n) is 7.89. The third-order valence-corrected chi connectivity index (χ3v) is 3.70. The normalized spacial score (nSPS) is 11.6. The monoisotopic (exact) mass is 326 g/mol. The second-order valence-corrected chi connectivity index (χ2v) is 5.72. The van der Waals surface area contributed by atoms with Crippen molar-refractivity contribution in [3.8, 4) is 5.75 Å². The van der Waals surface area contributed by atoms with E-state index in [2.05, 4.69) is 10.6 Å². The highest BCUT2D eigenvalue weighted by Gasteiger charge is 2.11. The lowest BCUT2D eigenvalue weighted by Crippen LogP contribution is -2.26. The molecule has 2 amide bonds. The number of rotatable bonds is 6. The number of hydrogen-bond donors (Lipinski definition) is 3. The van der Waals surface area contributed by atoms with Crippen LogP contribution in [0.25, 0.3) is 0 Å². The Kier molecular flexibility index (Phi) is 5.95. The zero-order chi connectivity index (χ0) is 17.5. The predicted molar refractivity (Wildman–Crippen MR) is 93.7 cm³/mol. The van der Waals surface area contributed by atoms with Crippen LogP contribution in [0.15, 0.2) is 48.5 Å². The Bertz CT molecular complexity index is 728. The maximum atomic E-state index is 12.1. The maximum absolute atomic E-state index is 12.1. The average molecular weight is 326 g/mol. The van der Waals surface area contributed by atoms with E-state index in [4.69, 9.17) is 0 Å². The highest BCUT2D eigenvalue weighted by Crippen LogP contribution is 2.19.